The molecule has 2 aromatic rings. The van der Waals surface area contributed by atoms with Crippen molar-refractivity contribution >= 4 is 21.7 Å². The van der Waals surface area contributed by atoms with Gasteiger partial charge in [0.25, 0.3) is 0 Å². The van der Waals surface area contributed by atoms with Crippen LogP contribution in [0.15, 0.2) is 53.5 Å². The molecule has 158 valence electrons. The number of anilines is 1. The Kier molecular flexibility index (Phi) is 8.26. The van der Waals surface area contributed by atoms with Crippen molar-refractivity contribution in [3.8, 4) is 5.75 Å². The summed E-state index contributed by atoms with van der Waals surface area (Å²) in [4.78, 5) is 4.50. The second-order valence-electron chi connectivity index (χ2n) is 6.47. The lowest BCUT2D eigenvalue weighted by Crippen LogP contribution is -2.41. The van der Waals surface area contributed by atoms with Crippen LogP contribution in [0.3, 0.4) is 0 Å². The third-order valence-corrected chi connectivity index (χ3v) is 4.38. The predicted molar refractivity (Wildman–Crippen MR) is 114 cm³/mol. The van der Waals surface area contributed by atoms with Gasteiger partial charge in [0.05, 0.1) is 25.0 Å². The highest BCUT2D eigenvalue weighted by atomic mass is 32.2. The number of sulfonamides is 1. The van der Waals surface area contributed by atoms with Crippen LogP contribution in [-0.2, 0) is 16.6 Å². The maximum atomic E-state index is 13.7. The molecule has 0 amide bonds. The van der Waals surface area contributed by atoms with Crippen LogP contribution in [0.25, 0.3) is 0 Å². The van der Waals surface area contributed by atoms with Gasteiger partial charge in [-0.3, -0.25) is 4.72 Å². The number of benzene rings is 2. The van der Waals surface area contributed by atoms with Crippen molar-refractivity contribution in [2.24, 2.45) is 4.99 Å². The minimum Gasteiger partial charge on any atom is -0.486 e. The van der Waals surface area contributed by atoms with E-state index < -0.39 is 15.8 Å². The number of rotatable bonds is 9. The average Bonchev–Trinajstić information content (AvgIpc) is 2.66. The van der Waals surface area contributed by atoms with Gasteiger partial charge >= 0.3 is 0 Å². The van der Waals surface area contributed by atoms with Gasteiger partial charge in [0.1, 0.15) is 6.10 Å². The molecule has 7 nitrogen and oxygen atoms in total. The number of para-hydroxylation sites is 2. The standard InChI is InChI=1S/C20H27FN4O3S/c1-4-22-20(23-13-15(2)28-19-12-8-6-10-17(19)21)24-14-16-9-5-7-11-18(16)25-29(3,26)27/h5-12,15,25H,4,13-14H2,1-3H3,(H2,22,23,24). The third kappa shape index (κ3) is 7.98. The second kappa shape index (κ2) is 10.7. The van der Waals surface area contributed by atoms with Gasteiger partial charge in [0.2, 0.25) is 10.0 Å². The molecule has 0 bridgehead atoms. The first-order valence-electron chi connectivity index (χ1n) is 9.27. The average molecular weight is 423 g/mol. The van der Waals surface area contributed by atoms with E-state index in [1.807, 2.05) is 26.0 Å². The van der Waals surface area contributed by atoms with E-state index in [0.717, 1.165) is 11.8 Å². The minimum atomic E-state index is -3.38. The van der Waals surface area contributed by atoms with E-state index in [4.69, 9.17) is 4.74 Å². The summed E-state index contributed by atoms with van der Waals surface area (Å²) in [5.41, 5.74) is 1.23. The zero-order valence-corrected chi connectivity index (χ0v) is 17.6. The highest BCUT2D eigenvalue weighted by Gasteiger charge is 2.10. The molecule has 3 N–H and O–H groups in total. The zero-order valence-electron chi connectivity index (χ0n) is 16.8. The fraction of sp³-hybridized carbons (Fsp3) is 0.350. The molecule has 0 fully saturated rings. The predicted octanol–water partition coefficient (Wildman–Crippen LogP) is 2.72. The van der Waals surface area contributed by atoms with Crippen LogP contribution in [0.4, 0.5) is 10.1 Å². The number of nitrogens with one attached hydrogen (secondary N) is 3. The Labute approximate surface area is 171 Å². The number of hydrogen-bond acceptors (Lipinski definition) is 4. The molecule has 0 radical (unpaired) electrons. The van der Waals surface area contributed by atoms with E-state index in [1.165, 1.54) is 6.07 Å². The third-order valence-electron chi connectivity index (χ3n) is 3.79. The smallest absolute Gasteiger partial charge is 0.229 e. The summed E-state index contributed by atoms with van der Waals surface area (Å²) in [5, 5.41) is 6.27. The van der Waals surface area contributed by atoms with E-state index >= 15 is 0 Å². The molecule has 1 unspecified atom stereocenters. The molecule has 2 aromatic carbocycles. The largest absolute Gasteiger partial charge is 0.486 e. The molecule has 0 saturated heterocycles. The van der Waals surface area contributed by atoms with Crippen molar-refractivity contribution in [2.45, 2.75) is 26.5 Å². The lowest BCUT2D eigenvalue weighted by molar-refractivity contribution is 0.214. The molecule has 0 aliphatic carbocycles. The summed E-state index contributed by atoms with van der Waals surface area (Å²) < 4.78 is 44.9. The Bertz CT molecular complexity index is 935. The number of halogens is 1. The van der Waals surface area contributed by atoms with Crippen LogP contribution in [-0.4, -0.2) is 39.8 Å². The molecular formula is C20H27FN4O3S. The Balaban J connectivity index is 2.00. The Morgan fingerprint density at radius 2 is 1.83 bits per heavy atom. The van der Waals surface area contributed by atoms with E-state index in [-0.39, 0.29) is 18.4 Å². The van der Waals surface area contributed by atoms with Crippen molar-refractivity contribution in [3.63, 3.8) is 0 Å². The summed E-state index contributed by atoms with van der Waals surface area (Å²) in [6.45, 7) is 5.10. The molecule has 29 heavy (non-hydrogen) atoms. The lowest BCUT2D eigenvalue weighted by Gasteiger charge is -2.18. The van der Waals surface area contributed by atoms with Gasteiger partial charge in [-0.15, -0.1) is 0 Å². The maximum absolute atomic E-state index is 13.7. The lowest BCUT2D eigenvalue weighted by atomic mass is 10.2. The normalized spacial score (nSPS) is 12.9. The summed E-state index contributed by atoms with van der Waals surface area (Å²) in [5.74, 6) is 0.338. The molecule has 0 aliphatic rings. The topological polar surface area (TPSA) is 91.8 Å². The SMILES string of the molecule is CCNC(=NCc1ccccc1NS(C)(=O)=O)NCC(C)Oc1ccccc1F. The molecule has 0 aliphatic heterocycles. The molecular weight excluding hydrogens is 395 g/mol. The molecule has 0 saturated carbocycles. The van der Waals surface area contributed by atoms with Crippen molar-refractivity contribution < 1.29 is 17.5 Å². The van der Waals surface area contributed by atoms with Gasteiger partial charge in [0, 0.05) is 6.54 Å². The van der Waals surface area contributed by atoms with Gasteiger partial charge in [-0.1, -0.05) is 30.3 Å². The quantitative estimate of drug-likeness (QED) is 0.427. The fourth-order valence-electron chi connectivity index (χ4n) is 2.50. The molecule has 1 atom stereocenters. The van der Waals surface area contributed by atoms with Crippen LogP contribution < -0.4 is 20.1 Å². The van der Waals surface area contributed by atoms with Crippen molar-refractivity contribution in [1.29, 1.82) is 0 Å². The van der Waals surface area contributed by atoms with Crippen LogP contribution >= 0.6 is 0 Å². The maximum Gasteiger partial charge on any atom is 0.229 e. The number of ether oxygens (including phenoxy) is 1. The minimum absolute atomic E-state index is 0.199. The van der Waals surface area contributed by atoms with Crippen molar-refractivity contribution in [3.05, 3.63) is 59.9 Å². The Morgan fingerprint density at radius 3 is 2.52 bits per heavy atom. The first-order valence-corrected chi connectivity index (χ1v) is 11.2. The highest BCUT2D eigenvalue weighted by molar-refractivity contribution is 7.92. The molecule has 0 heterocycles. The summed E-state index contributed by atoms with van der Waals surface area (Å²) >= 11 is 0. The summed E-state index contributed by atoms with van der Waals surface area (Å²) in [6.07, 6.45) is 0.810. The van der Waals surface area contributed by atoms with E-state index in [0.29, 0.717) is 24.7 Å². The van der Waals surface area contributed by atoms with Gasteiger partial charge in [-0.25, -0.2) is 17.8 Å². The van der Waals surface area contributed by atoms with Crippen LogP contribution in [0.1, 0.15) is 19.4 Å². The van der Waals surface area contributed by atoms with Gasteiger partial charge in [-0.05, 0) is 37.6 Å². The van der Waals surface area contributed by atoms with Crippen molar-refractivity contribution in [1.82, 2.24) is 10.6 Å². The molecule has 0 spiro atoms. The number of nitrogens with zero attached hydrogens (tertiary/aromatic N) is 1. The summed E-state index contributed by atoms with van der Waals surface area (Å²) in [6, 6.07) is 13.3. The van der Waals surface area contributed by atoms with E-state index in [1.54, 1.807) is 30.3 Å². The van der Waals surface area contributed by atoms with Gasteiger partial charge < -0.3 is 15.4 Å². The Hall–Kier alpha value is -2.81. The molecule has 0 aromatic heterocycles. The number of aliphatic imine (C=N–C) groups is 1. The monoisotopic (exact) mass is 422 g/mol. The van der Waals surface area contributed by atoms with Crippen LogP contribution in [0.5, 0.6) is 5.75 Å². The van der Waals surface area contributed by atoms with E-state index in [9.17, 15) is 12.8 Å². The van der Waals surface area contributed by atoms with Gasteiger partial charge in [-0.2, -0.15) is 0 Å². The van der Waals surface area contributed by atoms with Crippen LogP contribution in [0.2, 0.25) is 0 Å². The van der Waals surface area contributed by atoms with E-state index in [2.05, 4.69) is 20.3 Å². The fourth-order valence-corrected chi connectivity index (χ4v) is 3.10. The second-order valence-corrected chi connectivity index (χ2v) is 8.21. The Morgan fingerprint density at radius 1 is 1.14 bits per heavy atom. The van der Waals surface area contributed by atoms with Crippen LogP contribution in [0, 0.1) is 5.82 Å². The first-order chi connectivity index (χ1) is 13.8. The van der Waals surface area contributed by atoms with Crippen molar-refractivity contribution in [2.75, 3.05) is 24.1 Å². The number of guanidine groups is 1. The number of hydrogen-bond donors (Lipinski definition) is 3. The highest BCUT2D eigenvalue weighted by Crippen LogP contribution is 2.18. The van der Waals surface area contributed by atoms with Gasteiger partial charge in [0.15, 0.2) is 17.5 Å². The summed E-state index contributed by atoms with van der Waals surface area (Å²) in [7, 11) is -3.38. The molecule has 9 heteroatoms. The first kappa shape index (κ1) is 22.5. The zero-order chi connectivity index (χ0) is 21.3. The molecule has 2 rings (SSSR count).